The van der Waals surface area contributed by atoms with Gasteiger partial charge < -0.3 is 4.74 Å². The van der Waals surface area contributed by atoms with Gasteiger partial charge in [0.25, 0.3) is 0 Å². The van der Waals surface area contributed by atoms with Gasteiger partial charge in [0.1, 0.15) is 5.52 Å². The number of aromatic nitrogens is 1. The molecule has 1 aromatic heterocycles. The smallest absolute Gasteiger partial charge is 0.311 e. The van der Waals surface area contributed by atoms with Crippen LogP contribution < -0.4 is 0 Å². The summed E-state index contributed by atoms with van der Waals surface area (Å²) >= 11 is 0. The lowest BCUT2D eigenvalue weighted by Crippen LogP contribution is -2.06. The molecule has 0 radical (unpaired) electrons. The van der Waals surface area contributed by atoms with E-state index in [-0.39, 0.29) is 23.0 Å². The number of hydrogen-bond donors (Lipinski definition) is 0. The molecular weight excluding hydrogens is 247 g/mol. The van der Waals surface area contributed by atoms with E-state index in [1.807, 2.05) is 0 Å². The van der Waals surface area contributed by atoms with Crippen molar-refractivity contribution in [3.05, 3.63) is 41.3 Å². The Morgan fingerprint density at radius 3 is 2.67 bits per heavy atom. The normalized spacial score (nSPS) is 10.7. The van der Waals surface area contributed by atoms with Gasteiger partial charge in [-0.05, 0) is 12.1 Å². The number of methoxy groups -OCH3 is 1. The Morgan fingerprint density at radius 2 is 2.00 bits per heavy atom. The number of pyridine rings is 1. The van der Waals surface area contributed by atoms with Gasteiger partial charge in [-0.2, -0.15) is 0 Å². The molecule has 0 spiro atoms. The van der Waals surface area contributed by atoms with Crippen molar-refractivity contribution < 1.29 is 22.7 Å². The maximum Gasteiger partial charge on any atom is 0.311 e. The van der Waals surface area contributed by atoms with Crippen molar-refractivity contribution in [2.75, 3.05) is 7.11 Å². The molecule has 3 nitrogen and oxygen atoms in total. The lowest BCUT2D eigenvalue weighted by Gasteiger charge is -2.04. The molecule has 6 heteroatoms. The van der Waals surface area contributed by atoms with Crippen molar-refractivity contribution in [1.82, 2.24) is 4.98 Å². The first kappa shape index (κ1) is 12.3. The van der Waals surface area contributed by atoms with Crippen LogP contribution in [-0.2, 0) is 16.0 Å². The van der Waals surface area contributed by atoms with Crippen LogP contribution in [0.2, 0.25) is 0 Å². The molecule has 0 aliphatic heterocycles. The van der Waals surface area contributed by atoms with Crippen LogP contribution in [0.5, 0.6) is 0 Å². The number of carbonyl (C=O) groups is 1. The lowest BCUT2D eigenvalue weighted by molar-refractivity contribution is -0.139. The maximum absolute atomic E-state index is 13.5. The predicted octanol–water partition coefficient (Wildman–Crippen LogP) is 2.37. The minimum Gasteiger partial charge on any atom is -0.469 e. The Bertz CT molecular complexity index is 628. The summed E-state index contributed by atoms with van der Waals surface area (Å²) in [7, 11) is 1.21. The van der Waals surface area contributed by atoms with E-state index in [9.17, 15) is 18.0 Å². The summed E-state index contributed by atoms with van der Waals surface area (Å²) in [6, 6.07) is 3.64. The second-order valence-electron chi connectivity index (χ2n) is 3.61. The lowest BCUT2D eigenvalue weighted by atomic mass is 10.1. The third-order valence-electron chi connectivity index (χ3n) is 2.43. The second kappa shape index (κ2) is 4.64. The topological polar surface area (TPSA) is 39.2 Å². The van der Waals surface area contributed by atoms with Crippen molar-refractivity contribution in [3.63, 3.8) is 0 Å². The van der Waals surface area contributed by atoms with Crippen LogP contribution in [0.25, 0.3) is 10.9 Å². The highest BCUT2D eigenvalue weighted by atomic mass is 19.2. The minimum absolute atomic E-state index is 0.125. The van der Waals surface area contributed by atoms with E-state index in [4.69, 9.17) is 0 Å². The average molecular weight is 255 g/mol. The molecule has 0 N–H and O–H groups in total. The molecule has 0 aliphatic rings. The zero-order chi connectivity index (χ0) is 13.3. The van der Waals surface area contributed by atoms with Gasteiger partial charge in [-0.25, -0.2) is 18.2 Å². The fraction of sp³-hybridized carbons (Fsp3) is 0.167. The summed E-state index contributed by atoms with van der Waals surface area (Å²) < 4.78 is 43.9. The van der Waals surface area contributed by atoms with Crippen molar-refractivity contribution in [2.24, 2.45) is 0 Å². The summed E-state index contributed by atoms with van der Waals surface area (Å²) in [5.41, 5.74) is -0.0884. The maximum atomic E-state index is 13.5. The van der Waals surface area contributed by atoms with E-state index >= 15 is 0 Å². The van der Waals surface area contributed by atoms with E-state index in [1.54, 1.807) is 0 Å². The molecule has 2 rings (SSSR count). The fourth-order valence-electron chi connectivity index (χ4n) is 1.53. The van der Waals surface area contributed by atoms with Crippen LogP contribution in [0, 0.1) is 17.5 Å². The monoisotopic (exact) mass is 255 g/mol. The molecule has 2 aromatic rings. The molecule has 0 amide bonds. The summed E-state index contributed by atoms with van der Waals surface area (Å²) in [6.45, 7) is 0. The standard InChI is InChI=1S/C12H8F3NO2/c1-18-9(17)5-7-3-2-6-4-8(13)10(14)11(15)12(6)16-7/h2-4H,5H2,1H3. The number of hydrogen-bond acceptors (Lipinski definition) is 3. The van der Waals surface area contributed by atoms with Gasteiger partial charge in [0.05, 0.1) is 19.2 Å². The Kier molecular flexibility index (Phi) is 3.18. The molecule has 0 fully saturated rings. The molecule has 18 heavy (non-hydrogen) atoms. The zero-order valence-corrected chi connectivity index (χ0v) is 9.34. The quantitative estimate of drug-likeness (QED) is 0.611. The minimum atomic E-state index is -1.58. The van der Waals surface area contributed by atoms with Crippen molar-refractivity contribution in [1.29, 1.82) is 0 Å². The van der Waals surface area contributed by atoms with Crippen LogP contribution in [0.4, 0.5) is 13.2 Å². The molecule has 1 aromatic carbocycles. The van der Waals surface area contributed by atoms with Gasteiger partial charge in [0, 0.05) is 5.39 Å². The first-order valence-corrected chi connectivity index (χ1v) is 5.03. The highest BCUT2D eigenvalue weighted by molar-refractivity contribution is 5.80. The van der Waals surface area contributed by atoms with Crippen LogP contribution in [0.15, 0.2) is 18.2 Å². The summed E-state index contributed by atoms with van der Waals surface area (Å²) in [5, 5.41) is 0.125. The Labute approximate surface area is 100 Å². The van der Waals surface area contributed by atoms with E-state index in [2.05, 4.69) is 9.72 Å². The van der Waals surface area contributed by atoms with Crippen LogP contribution in [-0.4, -0.2) is 18.1 Å². The first-order valence-electron chi connectivity index (χ1n) is 5.03. The third kappa shape index (κ3) is 2.13. The summed E-state index contributed by atoms with van der Waals surface area (Å²) in [6.07, 6.45) is -0.162. The summed E-state index contributed by atoms with van der Waals surface area (Å²) in [4.78, 5) is 14.8. The molecule has 0 bridgehead atoms. The zero-order valence-electron chi connectivity index (χ0n) is 9.34. The van der Waals surface area contributed by atoms with Gasteiger partial charge in [0.2, 0.25) is 0 Å². The Hall–Kier alpha value is -2.11. The van der Waals surface area contributed by atoms with E-state index in [1.165, 1.54) is 19.2 Å². The Balaban J connectivity index is 2.54. The molecule has 94 valence electrons. The molecule has 0 saturated heterocycles. The fourth-order valence-corrected chi connectivity index (χ4v) is 1.53. The molecule has 0 aliphatic carbocycles. The van der Waals surface area contributed by atoms with E-state index < -0.39 is 23.4 Å². The second-order valence-corrected chi connectivity index (χ2v) is 3.61. The molecule has 0 atom stereocenters. The number of rotatable bonds is 2. The Morgan fingerprint density at radius 1 is 1.28 bits per heavy atom. The number of esters is 1. The molecule has 0 saturated carbocycles. The van der Waals surface area contributed by atoms with Crippen LogP contribution >= 0.6 is 0 Å². The molecule has 0 unspecified atom stereocenters. The van der Waals surface area contributed by atoms with Gasteiger partial charge in [-0.15, -0.1) is 0 Å². The van der Waals surface area contributed by atoms with Crippen LogP contribution in [0.1, 0.15) is 5.69 Å². The molecule has 1 heterocycles. The number of ether oxygens (including phenoxy) is 1. The van der Waals surface area contributed by atoms with Crippen molar-refractivity contribution >= 4 is 16.9 Å². The third-order valence-corrected chi connectivity index (χ3v) is 2.43. The van der Waals surface area contributed by atoms with Crippen molar-refractivity contribution in [3.8, 4) is 0 Å². The number of halogens is 3. The SMILES string of the molecule is COC(=O)Cc1ccc2cc(F)c(F)c(F)c2n1. The van der Waals surface area contributed by atoms with Gasteiger partial charge in [-0.3, -0.25) is 4.79 Å². The number of fused-ring (bicyclic) bond motifs is 1. The number of nitrogens with zero attached hydrogens (tertiary/aromatic N) is 1. The summed E-state index contributed by atoms with van der Waals surface area (Å²) in [5.74, 6) is -4.77. The van der Waals surface area contributed by atoms with Gasteiger partial charge in [0.15, 0.2) is 17.5 Å². The highest BCUT2D eigenvalue weighted by Gasteiger charge is 2.15. The number of benzene rings is 1. The molecular formula is C12H8F3NO2. The predicted molar refractivity (Wildman–Crippen MR) is 57.3 cm³/mol. The van der Waals surface area contributed by atoms with Crippen molar-refractivity contribution in [2.45, 2.75) is 6.42 Å². The highest BCUT2D eigenvalue weighted by Crippen LogP contribution is 2.21. The first-order chi connectivity index (χ1) is 8.52. The van der Waals surface area contributed by atoms with E-state index in [0.29, 0.717) is 0 Å². The number of carbonyl (C=O) groups excluding carboxylic acids is 1. The van der Waals surface area contributed by atoms with Gasteiger partial charge in [-0.1, -0.05) is 6.07 Å². The average Bonchev–Trinajstić information content (AvgIpc) is 2.37. The van der Waals surface area contributed by atoms with E-state index in [0.717, 1.165) is 6.07 Å². The van der Waals surface area contributed by atoms with Gasteiger partial charge >= 0.3 is 5.97 Å². The van der Waals surface area contributed by atoms with Crippen LogP contribution in [0.3, 0.4) is 0 Å². The largest absolute Gasteiger partial charge is 0.469 e.